The van der Waals surface area contributed by atoms with Gasteiger partial charge in [-0.05, 0) is 13.0 Å². The molecule has 0 fully saturated rings. The van der Waals surface area contributed by atoms with Crippen LogP contribution >= 0.6 is 11.6 Å². The fourth-order valence-electron chi connectivity index (χ4n) is 1.67. The lowest BCUT2D eigenvalue weighted by Gasteiger charge is -2.21. The van der Waals surface area contributed by atoms with Crippen LogP contribution in [-0.2, 0) is 0 Å². The highest BCUT2D eigenvalue weighted by Crippen LogP contribution is 2.40. The van der Waals surface area contributed by atoms with E-state index in [2.05, 4.69) is 10.3 Å². The number of methoxy groups -OCH3 is 2. The Labute approximate surface area is 99.2 Å². The van der Waals surface area contributed by atoms with Crippen molar-refractivity contribution in [3.8, 4) is 11.5 Å². The van der Waals surface area contributed by atoms with Gasteiger partial charge in [0.1, 0.15) is 0 Å². The molecule has 1 aliphatic heterocycles. The first-order chi connectivity index (χ1) is 7.65. The second kappa shape index (κ2) is 4.22. The number of amidine groups is 1. The predicted molar refractivity (Wildman–Crippen MR) is 64.9 cm³/mol. The molecule has 0 aromatic heterocycles. The molecule has 2 rings (SSSR count). The standard InChI is InChI=1S/C11H13ClN2O2/c1-6-13-8-5-10(16-3)9(15-2)4-7(8)11(12)14-6/h4-5,11H,1-3H3,(H,13,14). The molecule has 1 unspecified atom stereocenters. The molecule has 1 aromatic carbocycles. The van der Waals surface area contributed by atoms with Crippen LogP contribution in [0.25, 0.3) is 0 Å². The first kappa shape index (κ1) is 11.1. The molecule has 5 heteroatoms. The highest BCUT2D eigenvalue weighted by atomic mass is 35.5. The quantitative estimate of drug-likeness (QED) is 0.639. The molecule has 16 heavy (non-hydrogen) atoms. The number of benzene rings is 1. The van der Waals surface area contributed by atoms with E-state index < -0.39 is 0 Å². The summed E-state index contributed by atoms with van der Waals surface area (Å²) < 4.78 is 10.4. The number of nitrogens with zero attached hydrogens (tertiary/aromatic N) is 1. The predicted octanol–water partition coefficient (Wildman–Crippen LogP) is 2.79. The van der Waals surface area contributed by atoms with Crippen LogP contribution in [0.15, 0.2) is 17.1 Å². The molecule has 0 spiro atoms. The first-order valence-electron chi connectivity index (χ1n) is 4.87. The Morgan fingerprint density at radius 3 is 2.50 bits per heavy atom. The first-order valence-corrected chi connectivity index (χ1v) is 5.30. The Kier molecular flexibility index (Phi) is 2.92. The van der Waals surface area contributed by atoms with Crippen molar-refractivity contribution in [1.82, 2.24) is 0 Å². The van der Waals surface area contributed by atoms with Gasteiger partial charge in [0.2, 0.25) is 0 Å². The van der Waals surface area contributed by atoms with Crippen molar-refractivity contribution < 1.29 is 9.47 Å². The minimum Gasteiger partial charge on any atom is -0.493 e. The molecule has 0 amide bonds. The molecule has 0 saturated heterocycles. The molecular formula is C11H13ClN2O2. The van der Waals surface area contributed by atoms with Crippen LogP contribution < -0.4 is 14.8 Å². The number of rotatable bonds is 2. The van der Waals surface area contributed by atoms with Crippen molar-refractivity contribution in [1.29, 1.82) is 0 Å². The van der Waals surface area contributed by atoms with E-state index in [1.54, 1.807) is 14.2 Å². The van der Waals surface area contributed by atoms with Gasteiger partial charge in [-0.15, -0.1) is 0 Å². The number of anilines is 1. The van der Waals surface area contributed by atoms with Crippen LogP contribution in [0, 0.1) is 0 Å². The topological polar surface area (TPSA) is 42.9 Å². The van der Waals surface area contributed by atoms with Gasteiger partial charge >= 0.3 is 0 Å². The van der Waals surface area contributed by atoms with Crippen LogP contribution in [0.3, 0.4) is 0 Å². The fourth-order valence-corrected chi connectivity index (χ4v) is 1.99. The fraction of sp³-hybridized carbons (Fsp3) is 0.364. The summed E-state index contributed by atoms with van der Waals surface area (Å²) in [6.07, 6.45) is 0. The molecule has 1 heterocycles. The zero-order valence-electron chi connectivity index (χ0n) is 9.37. The van der Waals surface area contributed by atoms with E-state index in [0.29, 0.717) is 11.5 Å². The average molecular weight is 241 g/mol. The van der Waals surface area contributed by atoms with Crippen molar-refractivity contribution in [2.24, 2.45) is 4.99 Å². The maximum Gasteiger partial charge on any atom is 0.162 e. The lowest BCUT2D eigenvalue weighted by atomic mass is 10.1. The third-order valence-electron chi connectivity index (χ3n) is 2.43. The van der Waals surface area contributed by atoms with E-state index in [9.17, 15) is 0 Å². The number of alkyl halides is 1. The number of hydrogen-bond acceptors (Lipinski definition) is 4. The molecule has 86 valence electrons. The summed E-state index contributed by atoms with van der Waals surface area (Å²) in [4.78, 5) is 4.23. The smallest absolute Gasteiger partial charge is 0.162 e. The summed E-state index contributed by atoms with van der Waals surface area (Å²) >= 11 is 6.14. The van der Waals surface area contributed by atoms with Gasteiger partial charge in [-0.2, -0.15) is 0 Å². The van der Waals surface area contributed by atoms with E-state index in [-0.39, 0.29) is 5.50 Å². The van der Waals surface area contributed by atoms with E-state index in [0.717, 1.165) is 17.1 Å². The summed E-state index contributed by atoms with van der Waals surface area (Å²) in [5.74, 6) is 2.12. The van der Waals surface area contributed by atoms with Crippen LogP contribution in [0.4, 0.5) is 5.69 Å². The molecule has 0 saturated carbocycles. The number of halogens is 1. The Morgan fingerprint density at radius 2 is 1.88 bits per heavy atom. The van der Waals surface area contributed by atoms with Crippen LogP contribution in [-0.4, -0.2) is 20.1 Å². The summed E-state index contributed by atoms with van der Waals surface area (Å²) in [5.41, 5.74) is 1.42. The van der Waals surface area contributed by atoms with Crippen molar-refractivity contribution >= 4 is 23.1 Å². The monoisotopic (exact) mass is 240 g/mol. The summed E-state index contributed by atoms with van der Waals surface area (Å²) in [6.45, 7) is 1.87. The van der Waals surface area contributed by atoms with Gasteiger partial charge in [-0.3, -0.25) is 0 Å². The zero-order chi connectivity index (χ0) is 11.7. The number of nitrogens with one attached hydrogen (secondary N) is 1. The molecule has 0 bridgehead atoms. The summed E-state index contributed by atoms with van der Waals surface area (Å²) in [6, 6.07) is 3.70. The minimum absolute atomic E-state index is 0.379. The molecule has 1 atom stereocenters. The van der Waals surface area contributed by atoms with Gasteiger partial charge < -0.3 is 14.8 Å². The third-order valence-corrected chi connectivity index (χ3v) is 2.77. The Bertz CT molecular complexity index is 446. The highest BCUT2D eigenvalue weighted by Gasteiger charge is 2.20. The zero-order valence-corrected chi connectivity index (χ0v) is 10.1. The maximum absolute atomic E-state index is 6.14. The van der Waals surface area contributed by atoms with E-state index in [1.165, 1.54) is 0 Å². The maximum atomic E-state index is 6.14. The highest BCUT2D eigenvalue weighted by molar-refractivity contribution is 6.22. The normalized spacial score (nSPS) is 18.2. The van der Waals surface area contributed by atoms with Gasteiger partial charge in [-0.1, -0.05) is 11.6 Å². The van der Waals surface area contributed by atoms with Gasteiger partial charge in [-0.25, -0.2) is 4.99 Å². The minimum atomic E-state index is -0.379. The third kappa shape index (κ3) is 1.80. The van der Waals surface area contributed by atoms with Gasteiger partial charge in [0.25, 0.3) is 0 Å². The molecule has 1 aromatic rings. The number of hydrogen-bond donors (Lipinski definition) is 1. The van der Waals surface area contributed by atoms with E-state index >= 15 is 0 Å². The second-order valence-electron chi connectivity index (χ2n) is 3.47. The Morgan fingerprint density at radius 1 is 1.25 bits per heavy atom. The Hall–Kier alpha value is -1.42. The summed E-state index contributed by atoms with van der Waals surface area (Å²) in [7, 11) is 3.20. The number of ether oxygens (including phenoxy) is 2. The van der Waals surface area contributed by atoms with Crippen LogP contribution in [0.2, 0.25) is 0 Å². The van der Waals surface area contributed by atoms with Gasteiger partial charge in [0, 0.05) is 17.3 Å². The molecule has 0 radical (unpaired) electrons. The van der Waals surface area contributed by atoms with Gasteiger partial charge in [0.05, 0.1) is 20.1 Å². The lowest BCUT2D eigenvalue weighted by Crippen LogP contribution is -2.15. The van der Waals surface area contributed by atoms with Gasteiger partial charge in [0.15, 0.2) is 17.0 Å². The number of aliphatic imine (C=N–C) groups is 1. The molecule has 0 aliphatic carbocycles. The molecule has 1 aliphatic rings. The van der Waals surface area contributed by atoms with E-state index in [4.69, 9.17) is 21.1 Å². The SMILES string of the molecule is COc1cc2c(cc1OC)C(Cl)N=C(C)N2. The van der Waals surface area contributed by atoms with Crippen LogP contribution in [0.5, 0.6) is 11.5 Å². The lowest BCUT2D eigenvalue weighted by molar-refractivity contribution is 0.354. The Balaban J connectivity index is 2.51. The van der Waals surface area contributed by atoms with Crippen molar-refractivity contribution in [2.45, 2.75) is 12.4 Å². The molecular weight excluding hydrogens is 228 g/mol. The van der Waals surface area contributed by atoms with Crippen LogP contribution in [0.1, 0.15) is 18.0 Å². The average Bonchev–Trinajstić information content (AvgIpc) is 2.27. The van der Waals surface area contributed by atoms with Crippen molar-refractivity contribution in [3.05, 3.63) is 17.7 Å². The largest absolute Gasteiger partial charge is 0.493 e. The van der Waals surface area contributed by atoms with E-state index in [1.807, 2.05) is 19.1 Å². The summed E-state index contributed by atoms with van der Waals surface area (Å²) in [5, 5.41) is 3.15. The molecule has 1 N–H and O–H groups in total. The van der Waals surface area contributed by atoms with Crippen molar-refractivity contribution in [2.75, 3.05) is 19.5 Å². The van der Waals surface area contributed by atoms with Crippen molar-refractivity contribution in [3.63, 3.8) is 0 Å². The second-order valence-corrected chi connectivity index (χ2v) is 3.88. The molecule has 4 nitrogen and oxygen atoms in total. The number of fused-ring (bicyclic) bond motifs is 1.